The van der Waals surface area contributed by atoms with Gasteiger partial charge in [-0.05, 0) is 75.1 Å². The fourth-order valence-corrected chi connectivity index (χ4v) is 5.31. The van der Waals surface area contributed by atoms with Gasteiger partial charge in [0.15, 0.2) is 0 Å². The lowest BCUT2D eigenvalue weighted by Crippen LogP contribution is -2.25. The van der Waals surface area contributed by atoms with Gasteiger partial charge in [-0.3, -0.25) is 4.79 Å². The van der Waals surface area contributed by atoms with Gasteiger partial charge in [0, 0.05) is 11.4 Å². The average molecular weight is 499 g/mol. The van der Waals surface area contributed by atoms with Crippen LogP contribution in [0.5, 0.6) is 0 Å². The third-order valence-corrected chi connectivity index (χ3v) is 7.44. The number of rotatable bonds is 10. The standard InChI is InChI=1S/C25H32N2O2S2.C3H6/c1-6-20(29-16(3)4)14-18-11-10-17(5)19(13-18)15-26-24(28)23-21(7-2)31-25(27-23)22-9-8-12-30-22;1-3-2/h8-13,16,20H,6-7,14-15H2,1-5H3,(H,26,28);3H,1H2,2H3. The summed E-state index contributed by atoms with van der Waals surface area (Å²) < 4.78 is 6.01. The number of carbonyl (C=O) groups is 1. The number of ether oxygens (including phenoxy) is 1. The molecule has 0 spiro atoms. The van der Waals surface area contributed by atoms with Gasteiger partial charge in [-0.15, -0.1) is 29.3 Å². The van der Waals surface area contributed by atoms with Crippen LogP contribution in [0.3, 0.4) is 0 Å². The van der Waals surface area contributed by atoms with E-state index in [0.29, 0.717) is 12.2 Å². The lowest BCUT2D eigenvalue weighted by atomic mass is 10.00. The molecule has 0 aliphatic rings. The van der Waals surface area contributed by atoms with Gasteiger partial charge < -0.3 is 10.1 Å². The van der Waals surface area contributed by atoms with E-state index in [1.165, 1.54) is 11.1 Å². The smallest absolute Gasteiger partial charge is 0.271 e. The zero-order valence-electron chi connectivity index (χ0n) is 21.3. The highest BCUT2D eigenvalue weighted by Crippen LogP contribution is 2.31. The van der Waals surface area contributed by atoms with Crippen LogP contribution < -0.4 is 5.32 Å². The Labute approximate surface area is 213 Å². The molecule has 2 heterocycles. The van der Waals surface area contributed by atoms with Crippen molar-refractivity contribution in [1.29, 1.82) is 0 Å². The Morgan fingerprint density at radius 3 is 2.59 bits per heavy atom. The van der Waals surface area contributed by atoms with Crippen LogP contribution in [0.2, 0.25) is 0 Å². The number of thiophene rings is 1. The van der Waals surface area contributed by atoms with E-state index in [4.69, 9.17) is 4.74 Å². The van der Waals surface area contributed by atoms with Crippen LogP contribution in [0.1, 0.15) is 73.1 Å². The number of allylic oxidation sites excluding steroid dienone is 1. The molecule has 1 N–H and O–H groups in total. The quantitative estimate of drug-likeness (QED) is 0.293. The topological polar surface area (TPSA) is 51.2 Å². The first-order valence-corrected chi connectivity index (χ1v) is 13.6. The van der Waals surface area contributed by atoms with Crippen molar-refractivity contribution in [2.45, 2.75) is 79.6 Å². The predicted octanol–water partition coefficient (Wildman–Crippen LogP) is 7.61. The Bertz CT molecular complexity index is 1040. The number of carbonyl (C=O) groups excluding carboxylic acids is 1. The fraction of sp³-hybridized carbons (Fsp3) is 0.429. The third-order valence-electron chi connectivity index (χ3n) is 5.20. The summed E-state index contributed by atoms with van der Waals surface area (Å²) in [6.07, 6.45) is 4.84. The largest absolute Gasteiger partial charge is 0.375 e. The van der Waals surface area contributed by atoms with Crippen molar-refractivity contribution >= 4 is 28.6 Å². The zero-order chi connectivity index (χ0) is 25.1. The second-order valence-corrected chi connectivity index (χ2v) is 10.4. The van der Waals surface area contributed by atoms with E-state index >= 15 is 0 Å². The van der Waals surface area contributed by atoms with Crippen LogP contribution in [0, 0.1) is 6.92 Å². The monoisotopic (exact) mass is 498 g/mol. The lowest BCUT2D eigenvalue weighted by molar-refractivity contribution is 0.00642. The van der Waals surface area contributed by atoms with Gasteiger partial charge in [0.25, 0.3) is 5.91 Å². The molecule has 0 bridgehead atoms. The van der Waals surface area contributed by atoms with E-state index in [0.717, 1.165) is 39.6 Å². The molecule has 184 valence electrons. The highest BCUT2D eigenvalue weighted by atomic mass is 32.1. The summed E-state index contributed by atoms with van der Waals surface area (Å²) in [5.74, 6) is -0.102. The maximum atomic E-state index is 12.9. The van der Waals surface area contributed by atoms with Crippen molar-refractivity contribution in [2.75, 3.05) is 0 Å². The van der Waals surface area contributed by atoms with Crippen LogP contribution in [0.25, 0.3) is 9.88 Å². The molecule has 4 nitrogen and oxygen atoms in total. The molecular weight excluding hydrogens is 460 g/mol. The molecule has 1 atom stereocenters. The molecule has 6 heteroatoms. The van der Waals surface area contributed by atoms with E-state index in [1.54, 1.807) is 28.7 Å². The molecule has 0 radical (unpaired) electrons. The van der Waals surface area contributed by atoms with E-state index in [1.807, 2.05) is 24.4 Å². The minimum atomic E-state index is -0.102. The lowest BCUT2D eigenvalue weighted by Gasteiger charge is -2.19. The van der Waals surface area contributed by atoms with Crippen molar-refractivity contribution in [3.63, 3.8) is 0 Å². The summed E-state index contributed by atoms with van der Waals surface area (Å²) in [5.41, 5.74) is 4.11. The second-order valence-electron chi connectivity index (χ2n) is 8.39. The van der Waals surface area contributed by atoms with Crippen LogP contribution in [0.15, 0.2) is 48.4 Å². The molecule has 0 saturated carbocycles. The fourth-order valence-electron chi connectivity index (χ4n) is 3.51. The Kier molecular flexibility index (Phi) is 11.7. The Balaban J connectivity index is 0.00000129. The van der Waals surface area contributed by atoms with Gasteiger partial charge >= 0.3 is 0 Å². The number of hydrogen-bond donors (Lipinski definition) is 1. The van der Waals surface area contributed by atoms with E-state index in [9.17, 15) is 4.79 Å². The zero-order valence-corrected chi connectivity index (χ0v) is 22.9. The number of nitrogens with one attached hydrogen (secondary N) is 1. The Morgan fingerprint density at radius 1 is 1.26 bits per heavy atom. The van der Waals surface area contributed by atoms with E-state index in [-0.39, 0.29) is 18.1 Å². The molecule has 0 saturated heterocycles. The summed E-state index contributed by atoms with van der Waals surface area (Å²) in [6.45, 7) is 16.2. The number of thiazole rings is 1. The van der Waals surface area contributed by atoms with Gasteiger partial charge in [-0.1, -0.05) is 44.2 Å². The minimum absolute atomic E-state index is 0.102. The molecule has 34 heavy (non-hydrogen) atoms. The van der Waals surface area contributed by atoms with Gasteiger partial charge in [0.05, 0.1) is 17.1 Å². The number of hydrogen-bond acceptors (Lipinski definition) is 5. The normalized spacial score (nSPS) is 11.6. The Morgan fingerprint density at radius 2 is 2.00 bits per heavy atom. The van der Waals surface area contributed by atoms with Gasteiger partial charge in [-0.2, -0.15) is 0 Å². The number of aryl methyl sites for hydroxylation is 2. The summed E-state index contributed by atoms with van der Waals surface area (Å²) in [6, 6.07) is 10.6. The van der Waals surface area contributed by atoms with E-state index < -0.39 is 0 Å². The molecule has 3 rings (SSSR count). The first kappa shape index (κ1) is 28.0. The SMILES string of the molecule is C=CC.CCc1sc(-c2cccs2)nc1C(=O)NCc1cc(CC(CC)OC(C)C)ccc1C. The first-order chi connectivity index (χ1) is 16.3. The molecule has 0 aliphatic heterocycles. The van der Waals surface area contributed by atoms with Crippen molar-refractivity contribution in [3.8, 4) is 9.88 Å². The maximum absolute atomic E-state index is 12.9. The van der Waals surface area contributed by atoms with Crippen LogP contribution in [-0.4, -0.2) is 23.1 Å². The molecule has 1 amide bonds. The van der Waals surface area contributed by atoms with Crippen LogP contribution in [-0.2, 0) is 24.1 Å². The van der Waals surface area contributed by atoms with Crippen LogP contribution >= 0.6 is 22.7 Å². The van der Waals surface area contributed by atoms with Crippen molar-refractivity contribution in [1.82, 2.24) is 10.3 Å². The molecule has 0 aliphatic carbocycles. The van der Waals surface area contributed by atoms with Crippen molar-refractivity contribution < 1.29 is 9.53 Å². The second kappa shape index (κ2) is 14.2. The number of aromatic nitrogens is 1. The summed E-state index contributed by atoms with van der Waals surface area (Å²) >= 11 is 3.26. The number of benzene rings is 1. The van der Waals surface area contributed by atoms with E-state index in [2.05, 4.69) is 69.7 Å². The number of amides is 1. The predicted molar refractivity (Wildman–Crippen MR) is 147 cm³/mol. The Hall–Kier alpha value is -2.28. The molecular formula is C28H38N2O2S2. The summed E-state index contributed by atoms with van der Waals surface area (Å²) in [4.78, 5) is 19.7. The van der Waals surface area contributed by atoms with Crippen molar-refractivity contribution in [3.05, 3.63) is 75.6 Å². The molecule has 1 aromatic carbocycles. The highest BCUT2D eigenvalue weighted by Gasteiger charge is 2.19. The highest BCUT2D eigenvalue weighted by molar-refractivity contribution is 7.21. The van der Waals surface area contributed by atoms with Crippen LogP contribution in [0.4, 0.5) is 0 Å². The first-order valence-electron chi connectivity index (χ1n) is 11.9. The maximum Gasteiger partial charge on any atom is 0.271 e. The third kappa shape index (κ3) is 8.19. The average Bonchev–Trinajstić information content (AvgIpc) is 3.48. The molecule has 3 aromatic rings. The summed E-state index contributed by atoms with van der Waals surface area (Å²) in [7, 11) is 0. The van der Waals surface area contributed by atoms with Gasteiger partial charge in [0.1, 0.15) is 10.7 Å². The van der Waals surface area contributed by atoms with Gasteiger partial charge in [0.2, 0.25) is 0 Å². The molecule has 0 fully saturated rings. The summed E-state index contributed by atoms with van der Waals surface area (Å²) in [5, 5.41) is 6.05. The minimum Gasteiger partial charge on any atom is -0.375 e. The molecule has 1 unspecified atom stereocenters. The van der Waals surface area contributed by atoms with Crippen molar-refractivity contribution in [2.24, 2.45) is 0 Å². The van der Waals surface area contributed by atoms with Gasteiger partial charge in [-0.25, -0.2) is 4.98 Å². The molecule has 2 aromatic heterocycles. The number of nitrogens with zero attached hydrogens (tertiary/aromatic N) is 1.